The van der Waals surface area contributed by atoms with Gasteiger partial charge in [-0.2, -0.15) is 4.31 Å². The molecule has 2 aromatic rings. The lowest BCUT2D eigenvalue weighted by atomic mass is 9.93. The molecule has 1 fully saturated rings. The molecule has 0 radical (unpaired) electrons. The van der Waals surface area contributed by atoms with Crippen molar-refractivity contribution in [2.24, 2.45) is 11.7 Å². The van der Waals surface area contributed by atoms with E-state index < -0.39 is 10.0 Å². The third kappa shape index (κ3) is 2.74. The van der Waals surface area contributed by atoms with Crippen LogP contribution in [-0.2, 0) is 10.0 Å². The fraction of sp³-hybridized carbons (Fsp3) is 0.438. The molecule has 1 saturated heterocycles. The van der Waals surface area contributed by atoms with Gasteiger partial charge in [0.2, 0.25) is 10.0 Å². The Kier molecular flexibility index (Phi) is 4.16. The molecule has 6 heteroatoms. The predicted molar refractivity (Wildman–Crippen MR) is 86.9 cm³/mol. The highest BCUT2D eigenvalue weighted by atomic mass is 32.2. The van der Waals surface area contributed by atoms with Crippen molar-refractivity contribution in [2.75, 3.05) is 13.1 Å². The first-order chi connectivity index (χ1) is 10.5. The van der Waals surface area contributed by atoms with Crippen LogP contribution in [0.3, 0.4) is 0 Å². The summed E-state index contributed by atoms with van der Waals surface area (Å²) in [5, 5.41) is 1.56. The SMILES string of the molecule is C[C@@H](N)[C@@H]1CCCN(S(=O)(=O)c2cccc3cnccc23)C1. The fourth-order valence-corrected chi connectivity index (χ4v) is 4.83. The molecular weight excluding hydrogens is 298 g/mol. The highest BCUT2D eigenvalue weighted by Gasteiger charge is 2.32. The standard InChI is InChI=1S/C16H21N3O2S/c1-12(17)14-5-3-9-19(11-14)22(20,21)16-6-2-4-13-10-18-8-7-15(13)16/h2,4,6-8,10,12,14H,3,5,9,11,17H2,1H3/t12-,14-/m1/s1. The third-order valence-corrected chi connectivity index (χ3v) is 6.35. The normalized spacial score (nSPS) is 21.8. The number of hydrogen-bond donors (Lipinski definition) is 1. The molecular formula is C16H21N3O2S. The number of piperidine rings is 1. The minimum atomic E-state index is -3.51. The predicted octanol–water partition coefficient (Wildman–Crippen LogP) is 1.98. The Morgan fingerprint density at radius 3 is 2.95 bits per heavy atom. The molecule has 2 heterocycles. The molecule has 3 rings (SSSR count). The number of hydrogen-bond acceptors (Lipinski definition) is 4. The van der Waals surface area contributed by atoms with E-state index in [0.29, 0.717) is 18.0 Å². The maximum atomic E-state index is 13.0. The van der Waals surface area contributed by atoms with E-state index in [1.807, 2.05) is 13.0 Å². The fourth-order valence-electron chi connectivity index (χ4n) is 3.08. The number of sulfonamides is 1. The number of nitrogens with zero attached hydrogens (tertiary/aromatic N) is 2. The second-order valence-corrected chi connectivity index (χ2v) is 7.88. The largest absolute Gasteiger partial charge is 0.328 e. The molecule has 1 aliphatic heterocycles. The van der Waals surface area contributed by atoms with Crippen molar-refractivity contribution in [2.45, 2.75) is 30.7 Å². The molecule has 1 aromatic carbocycles. The van der Waals surface area contributed by atoms with Crippen molar-refractivity contribution >= 4 is 20.8 Å². The van der Waals surface area contributed by atoms with Crippen LogP contribution >= 0.6 is 0 Å². The Balaban J connectivity index is 2.01. The lowest BCUT2D eigenvalue weighted by Crippen LogP contribution is -2.44. The van der Waals surface area contributed by atoms with E-state index in [-0.39, 0.29) is 12.0 Å². The van der Waals surface area contributed by atoms with Gasteiger partial charge in [-0.25, -0.2) is 8.42 Å². The summed E-state index contributed by atoms with van der Waals surface area (Å²) < 4.78 is 27.7. The van der Waals surface area contributed by atoms with Crippen LogP contribution in [0.15, 0.2) is 41.6 Å². The van der Waals surface area contributed by atoms with Crippen molar-refractivity contribution in [1.29, 1.82) is 0 Å². The lowest BCUT2D eigenvalue weighted by molar-refractivity contribution is 0.243. The summed E-state index contributed by atoms with van der Waals surface area (Å²) in [6.07, 6.45) is 5.17. The molecule has 2 atom stereocenters. The molecule has 0 saturated carbocycles. The molecule has 2 N–H and O–H groups in total. The Bertz CT molecular complexity index is 769. The van der Waals surface area contributed by atoms with E-state index >= 15 is 0 Å². The quantitative estimate of drug-likeness (QED) is 0.938. The third-order valence-electron chi connectivity index (χ3n) is 4.42. The Morgan fingerprint density at radius 1 is 1.36 bits per heavy atom. The summed E-state index contributed by atoms with van der Waals surface area (Å²) in [5.74, 6) is 0.222. The molecule has 0 bridgehead atoms. The van der Waals surface area contributed by atoms with Gasteiger partial charge >= 0.3 is 0 Å². The molecule has 5 nitrogen and oxygen atoms in total. The van der Waals surface area contributed by atoms with Gasteiger partial charge in [0.15, 0.2) is 0 Å². The Labute approximate surface area is 131 Å². The average molecular weight is 319 g/mol. The van der Waals surface area contributed by atoms with Crippen LogP contribution < -0.4 is 5.73 Å². The summed E-state index contributed by atoms with van der Waals surface area (Å²) in [5.41, 5.74) is 5.97. The molecule has 118 valence electrons. The van der Waals surface area contributed by atoms with E-state index in [4.69, 9.17) is 5.73 Å². The van der Waals surface area contributed by atoms with Crippen molar-refractivity contribution in [3.8, 4) is 0 Å². The van der Waals surface area contributed by atoms with Crippen molar-refractivity contribution in [3.63, 3.8) is 0 Å². The van der Waals surface area contributed by atoms with Gasteiger partial charge in [0.1, 0.15) is 0 Å². The maximum Gasteiger partial charge on any atom is 0.243 e. The first-order valence-electron chi connectivity index (χ1n) is 7.58. The van der Waals surface area contributed by atoms with Gasteiger partial charge in [-0.3, -0.25) is 4.98 Å². The smallest absolute Gasteiger partial charge is 0.243 e. The van der Waals surface area contributed by atoms with E-state index in [9.17, 15) is 8.42 Å². The van der Waals surface area contributed by atoms with Crippen LogP contribution in [0, 0.1) is 5.92 Å². The van der Waals surface area contributed by atoms with Gasteiger partial charge in [-0.15, -0.1) is 0 Å². The van der Waals surface area contributed by atoms with Crippen LogP contribution in [0.1, 0.15) is 19.8 Å². The summed E-state index contributed by atoms with van der Waals surface area (Å²) in [6.45, 7) is 3.01. The van der Waals surface area contributed by atoms with Crippen molar-refractivity contribution in [1.82, 2.24) is 9.29 Å². The number of benzene rings is 1. The zero-order valence-corrected chi connectivity index (χ0v) is 13.5. The summed E-state index contributed by atoms with van der Waals surface area (Å²) >= 11 is 0. The van der Waals surface area contributed by atoms with E-state index in [2.05, 4.69) is 4.98 Å². The number of rotatable bonds is 3. The van der Waals surface area contributed by atoms with Gasteiger partial charge < -0.3 is 5.73 Å². The molecule has 0 aliphatic carbocycles. The first-order valence-corrected chi connectivity index (χ1v) is 9.02. The second-order valence-electron chi connectivity index (χ2n) is 5.98. The molecule has 1 aromatic heterocycles. The number of fused-ring (bicyclic) bond motifs is 1. The van der Waals surface area contributed by atoms with Crippen LogP contribution in [0.2, 0.25) is 0 Å². The summed E-state index contributed by atoms with van der Waals surface area (Å²) in [6, 6.07) is 7.09. The van der Waals surface area contributed by atoms with E-state index in [1.165, 1.54) is 0 Å². The molecule has 0 spiro atoms. The average Bonchev–Trinajstić information content (AvgIpc) is 2.54. The van der Waals surface area contributed by atoms with Crippen LogP contribution in [-0.4, -0.2) is 36.8 Å². The minimum absolute atomic E-state index is 0.00900. The maximum absolute atomic E-state index is 13.0. The zero-order valence-electron chi connectivity index (χ0n) is 12.6. The Morgan fingerprint density at radius 2 is 2.18 bits per heavy atom. The minimum Gasteiger partial charge on any atom is -0.328 e. The van der Waals surface area contributed by atoms with Crippen LogP contribution in [0.5, 0.6) is 0 Å². The highest BCUT2D eigenvalue weighted by Crippen LogP contribution is 2.29. The van der Waals surface area contributed by atoms with Crippen LogP contribution in [0.25, 0.3) is 10.8 Å². The number of nitrogens with two attached hydrogens (primary N) is 1. The molecule has 22 heavy (non-hydrogen) atoms. The molecule has 1 aliphatic rings. The summed E-state index contributed by atoms with van der Waals surface area (Å²) in [4.78, 5) is 4.42. The van der Waals surface area contributed by atoms with Gasteiger partial charge in [0, 0.05) is 42.3 Å². The Hall–Kier alpha value is -1.50. The van der Waals surface area contributed by atoms with Crippen molar-refractivity contribution in [3.05, 3.63) is 36.7 Å². The van der Waals surface area contributed by atoms with E-state index in [1.54, 1.807) is 34.9 Å². The monoisotopic (exact) mass is 319 g/mol. The van der Waals surface area contributed by atoms with Gasteiger partial charge in [-0.1, -0.05) is 12.1 Å². The topological polar surface area (TPSA) is 76.3 Å². The van der Waals surface area contributed by atoms with Crippen LogP contribution in [0.4, 0.5) is 0 Å². The van der Waals surface area contributed by atoms with Crippen molar-refractivity contribution < 1.29 is 8.42 Å². The number of pyridine rings is 1. The van der Waals surface area contributed by atoms with E-state index in [0.717, 1.165) is 23.6 Å². The molecule has 0 amide bonds. The highest BCUT2D eigenvalue weighted by molar-refractivity contribution is 7.89. The summed E-state index contributed by atoms with van der Waals surface area (Å²) in [7, 11) is -3.51. The second kappa shape index (κ2) is 5.95. The first kappa shape index (κ1) is 15.4. The number of aromatic nitrogens is 1. The lowest BCUT2D eigenvalue weighted by Gasteiger charge is -2.34. The van der Waals surface area contributed by atoms with Gasteiger partial charge in [0.05, 0.1) is 4.90 Å². The van der Waals surface area contributed by atoms with Gasteiger partial charge in [0.25, 0.3) is 0 Å². The zero-order chi connectivity index (χ0) is 15.7. The van der Waals surface area contributed by atoms with Gasteiger partial charge in [-0.05, 0) is 37.8 Å². The molecule has 0 unspecified atom stereocenters.